The molecule has 1 aromatic heterocycles. The number of amidine groups is 1. The molecule has 0 radical (unpaired) electrons. The molecule has 2 amide bonds. The summed E-state index contributed by atoms with van der Waals surface area (Å²) in [6, 6.07) is 16.0. The van der Waals surface area contributed by atoms with E-state index in [1.807, 2.05) is 36.4 Å². The number of carbonyl (C=O) groups is 1. The van der Waals surface area contributed by atoms with Gasteiger partial charge in [0.15, 0.2) is 0 Å². The van der Waals surface area contributed by atoms with Crippen molar-refractivity contribution in [3.8, 4) is 0 Å². The lowest BCUT2D eigenvalue weighted by molar-refractivity contribution is 0.252. The van der Waals surface area contributed by atoms with Crippen LogP contribution in [-0.2, 0) is 6.54 Å². The number of rotatable bonds is 4. The van der Waals surface area contributed by atoms with E-state index in [1.165, 1.54) is 0 Å². The fourth-order valence-electron chi connectivity index (χ4n) is 2.97. The normalized spacial score (nSPS) is 18.1. The van der Waals surface area contributed by atoms with Gasteiger partial charge in [0.1, 0.15) is 11.9 Å². The summed E-state index contributed by atoms with van der Waals surface area (Å²) >= 11 is 12.2. The van der Waals surface area contributed by atoms with E-state index in [1.54, 1.807) is 29.3 Å². The monoisotopic (exact) mass is 399 g/mol. The van der Waals surface area contributed by atoms with Gasteiger partial charge in [0, 0.05) is 11.9 Å². The van der Waals surface area contributed by atoms with Crippen LogP contribution in [0.3, 0.4) is 0 Å². The topological polar surface area (TPSA) is 73.4 Å². The molecular weight excluding hydrogens is 385 g/mol. The zero-order valence-electron chi connectivity index (χ0n) is 14.1. The van der Waals surface area contributed by atoms with Crippen molar-refractivity contribution in [3.63, 3.8) is 0 Å². The van der Waals surface area contributed by atoms with E-state index in [0.29, 0.717) is 28.1 Å². The van der Waals surface area contributed by atoms with Gasteiger partial charge in [0.2, 0.25) is 0 Å². The molecule has 0 bridgehead atoms. The summed E-state index contributed by atoms with van der Waals surface area (Å²) in [5, 5.41) is 10.6. The van der Waals surface area contributed by atoms with Gasteiger partial charge < -0.3 is 0 Å². The van der Waals surface area contributed by atoms with Crippen LogP contribution in [0.4, 0.5) is 10.5 Å². The minimum atomic E-state index is -0.457. The molecule has 1 aliphatic rings. The summed E-state index contributed by atoms with van der Waals surface area (Å²) in [5.41, 5.74) is 2.41. The first-order chi connectivity index (χ1) is 13.1. The molecule has 27 heavy (non-hydrogen) atoms. The SMILES string of the molecule is O=C1NC(=NCc2ccccc2)C(c2ccn[nH]2)N1c1ccc(Cl)c(Cl)c1. The highest BCUT2D eigenvalue weighted by atomic mass is 35.5. The molecule has 6 nitrogen and oxygen atoms in total. The third-order valence-corrected chi connectivity index (χ3v) is 4.98. The van der Waals surface area contributed by atoms with Gasteiger partial charge in [-0.1, -0.05) is 53.5 Å². The minimum Gasteiger partial charge on any atom is -0.294 e. The van der Waals surface area contributed by atoms with Crippen LogP contribution < -0.4 is 10.2 Å². The molecule has 2 N–H and O–H groups in total. The van der Waals surface area contributed by atoms with Crippen LogP contribution in [-0.4, -0.2) is 22.1 Å². The van der Waals surface area contributed by atoms with Crippen molar-refractivity contribution in [2.75, 3.05) is 4.90 Å². The average Bonchev–Trinajstić information content (AvgIpc) is 3.30. The Morgan fingerprint density at radius 2 is 1.89 bits per heavy atom. The Balaban J connectivity index is 1.72. The van der Waals surface area contributed by atoms with Crippen LogP contribution in [0, 0.1) is 0 Å². The largest absolute Gasteiger partial charge is 0.328 e. The van der Waals surface area contributed by atoms with Crippen LogP contribution in [0.15, 0.2) is 65.8 Å². The van der Waals surface area contributed by atoms with E-state index < -0.39 is 6.04 Å². The van der Waals surface area contributed by atoms with E-state index in [9.17, 15) is 4.79 Å². The van der Waals surface area contributed by atoms with Gasteiger partial charge >= 0.3 is 6.03 Å². The fraction of sp³-hybridized carbons (Fsp3) is 0.105. The first-order valence-corrected chi connectivity index (χ1v) is 9.02. The number of urea groups is 1. The summed E-state index contributed by atoms with van der Waals surface area (Å²) < 4.78 is 0. The molecule has 1 saturated heterocycles. The lowest BCUT2D eigenvalue weighted by atomic mass is 10.1. The number of nitrogens with zero attached hydrogens (tertiary/aromatic N) is 3. The number of nitrogens with one attached hydrogen (secondary N) is 2. The Bertz CT molecular complexity index is 989. The number of benzene rings is 2. The van der Waals surface area contributed by atoms with Crippen molar-refractivity contribution in [1.29, 1.82) is 0 Å². The quantitative estimate of drug-likeness (QED) is 0.673. The van der Waals surface area contributed by atoms with Crippen molar-refractivity contribution < 1.29 is 4.79 Å². The zero-order chi connectivity index (χ0) is 18.8. The van der Waals surface area contributed by atoms with Crippen LogP contribution in [0.5, 0.6) is 0 Å². The second-order valence-corrected chi connectivity index (χ2v) is 6.81. The highest BCUT2D eigenvalue weighted by Crippen LogP contribution is 2.34. The number of hydrogen-bond donors (Lipinski definition) is 2. The van der Waals surface area contributed by atoms with Gasteiger partial charge in [0.05, 0.1) is 22.3 Å². The Morgan fingerprint density at radius 3 is 2.59 bits per heavy atom. The number of aliphatic imine (C=N–C) groups is 1. The summed E-state index contributed by atoms with van der Waals surface area (Å²) in [4.78, 5) is 18.9. The predicted octanol–water partition coefficient (Wildman–Crippen LogP) is 4.59. The van der Waals surface area contributed by atoms with Crippen molar-refractivity contribution in [2.24, 2.45) is 4.99 Å². The molecule has 2 heterocycles. The smallest absolute Gasteiger partial charge is 0.294 e. The van der Waals surface area contributed by atoms with E-state index in [2.05, 4.69) is 20.5 Å². The first-order valence-electron chi connectivity index (χ1n) is 8.26. The zero-order valence-corrected chi connectivity index (χ0v) is 15.6. The molecule has 2 aromatic carbocycles. The summed E-state index contributed by atoms with van der Waals surface area (Å²) in [7, 11) is 0. The van der Waals surface area contributed by atoms with E-state index in [-0.39, 0.29) is 6.03 Å². The molecule has 8 heteroatoms. The second-order valence-electron chi connectivity index (χ2n) is 6.00. The summed E-state index contributed by atoms with van der Waals surface area (Å²) in [6.45, 7) is 0.455. The van der Waals surface area contributed by atoms with Crippen LogP contribution in [0.25, 0.3) is 0 Å². The highest BCUT2D eigenvalue weighted by Gasteiger charge is 2.39. The maximum absolute atomic E-state index is 12.7. The van der Waals surface area contributed by atoms with Crippen molar-refractivity contribution in [1.82, 2.24) is 15.5 Å². The number of carbonyl (C=O) groups excluding carboxylic acids is 1. The van der Waals surface area contributed by atoms with E-state index >= 15 is 0 Å². The maximum Gasteiger partial charge on any atom is 0.328 e. The third kappa shape index (κ3) is 3.54. The Hall–Kier alpha value is -2.83. The number of hydrogen-bond acceptors (Lipinski definition) is 3. The first kappa shape index (κ1) is 17.6. The van der Waals surface area contributed by atoms with Crippen molar-refractivity contribution in [3.05, 3.63) is 82.1 Å². The molecule has 0 aliphatic carbocycles. The van der Waals surface area contributed by atoms with Gasteiger partial charge in [-0.25, -0.2) is 4.79 Å². The van der Waals surface area contributed by atoms with Crippen molar-refractivity contribution >= 4 is 40.8 Å². The molecule has 1 unspecified atom stereocenters. The Morgan fingerprint density at radius 1 is 1.07 bits per heavy atom. The fourth-order valence-corrected chi connectivity index (χ4v) is 3.26. The molecule has 3 aromatic rings. The number of halogens is 2. The molecule has 1 fully saturated rings. The van der Waals surface area contributed by atoms with Gasteiger partial charge in [0.25, 0.3) is 0 Å². The number of anilines is 1. The van der Waals surface area contributed by atoms with Crippen LogP contribution in [0.2, 0.25) is 10.0 Å². The van der Waals surface area contributed by atoms with Gasteiger partial charge in [-0.3, -0.25) is 20.3 Å². The molecule has 0 spiro atoms. The van der Waals surface area contributed by atoms with E-state index in [4.69, 9.17) is 23.2 Å². The van der Waals surface area contributed by atoms with Crippen LogP contribution >= 0.6 is 23.2 Å². The average molecular weight is 400 g/mol. The predicted molar refractivity (Wildman–Crippen MR) is 106 cm³/mol. The minimum absolute atomic E-state index is 0.292. The van der Waals surface area contributed by atoms with Crippen LogP contribution in [0.1, 0.15) is 17.3 Å². The Kier molecular flexibility index (Phi) is 4.83. The maximum atomic E-state index is 12.7. The number of aromatic amines is 1. The standard InChI is InChI=1S/C19H15Cl2N5O/c20-14-7-6-13(10-15(14)21)26-17(16-8-9-23-25-16)18(24-19(26)27)22-11-12-4-2-1-3-5-12/h1-10,17H,11H2,(H,23,25)(H,22,24,27). The Labute approximate surface area is 165 Å². The second kappa shape index (κ2) is 7.42. The summed E-state index contributed by atoms with van der Waals surface area (Å²) in [5.74, 6) is 0.541. The molecule has 0 saturated carbocycles. The highest BCUT2D eigenvalue weighted by molar-refractivity contribution is 6.42. The van der Waals surface area contributed by atoms with E-state index in [0.717, 1.165) is 11.3 Å². The lowest BCUT2D eigenvalue weighted by Gasteiger charge is -2.22. The molecule has 136 valence electrons. The van der Waals surface area contributed by atoms with Gasteiger partial charge in [-0.15, -0.1) is 0 Å². The number of amides is 2. The molecule has 4 rings (SSSR count). The molecule has 1 atom stereocenters. The molecular formula is C19H15Cl2N5O. The van der Waals surface area contributed by atoms with Gasteiger partial charge in [-0.05, 0) is 29.8 Å². The lowest BCUT2D eigenvalue weighted by Crippen LogP contribution is -2.29. The molecule has 1 aliphatic heterocycles. The third-order valence-electron chi connectivity index (χ3n) is 4.24. The van der Waals surface area contributed by atoms with Crippen molar-refractivity contribution in [2.45, 2.75) is 12.6 Å². The van der Waals surface area contributed by atoms with Gasteiger partial charge in [-0.2, -0.15) is 5.10 Å². The summed E-state index contributed by atoms with van der Waals surface area (Å²) in [6.07, 6.45) is 1.64. The number of H-pyrrole nitrogens is 1. The number of aromatic nitrogens is 2.